The Kier molecular flexibility index (Phi) is 3.26. The van der Waals surface area contributed by atoms with Gasteiger partial charge in [0.05, 0.1) is 5.92 Å². The molecule has 1 aromatic carbocycles. The third-order valence-electron chi connectivity index (χ3n) is 3.98. The molecule has 20 heavy (non-hydrogen) atoms. The van der Waals surface area contributed by atoms with Gasteiger partial charge >= 0.3 is 5.97 Å². The molecule has 2 aromatic rings. The molecule has 0 aliphatic heterocycles. The molecule has 1 N–H and O–H groups in total. The Morgan fingerprint density at radius 1 is 1.40 bits per heavy atom. The van der Waals surface area contributed by atoms with Gasteiger partial charge in [-0.05, 0) is 25.0 Å². The summed E-state index contributed by atoms with van der Waals surface area (Å²) >= 11 is 5.88. The number of aromatic nitrogens is 1. The number of carboxylic acid groups (broad SMARTS) is 1. The predicted molar refractivity (Wildman–Crippen MR) is 74.8 cm³/mol. The highest BCUT2D eigenvalue weighted by Crippen LogP contribution is 2.40. The zero-order chi connectivity index (χ0) is 14.3. The summed E-state index contributed by atoms with van der Waals surface area (Å²) in [6.45, 7) is 1.88. The number of aliphatic carboxylic acids is 1. The van der Waals surface area contributed by atoms with E-state index in [0.717, 1.165) is 16.8 Å². The minimum atomic E-state index is -0.771. The van der Waals surface area contributed by atoms with Gasteiger partial charge in [0.15, 0.2) is 0 Å². The SMILES string of the molecule is C[C@H]1c2onc(-c3ccc(Cl)cc3)c2CC[C@H]1C(=O)O. The maximum atomic E-state index is 11.2. The summed E-state index contributed by atoms with van der Waals surface area (Å²) in [4.78, 5) is 11.2. The van der Waals surface area contributed by atoms with Crippen LogP contribution in [0.3, 0.4) is 0 Å². The lowest BCUT2D eigenvalue weighted by Gasteiger charge is -2.23. The van der Waals surface area contributed by atoms with E-state index in [-0.39, 0.29) is 5.92 Å². The Hall–Kier alpha value is -1.81. The third-order valence-corrected chi connectivity index (χ3v) is 4.23. The van der Waals surface area contributed by atoms with Crippen LogP contribution in [0.5, 0.6) is 0 Å². The van der Waals surface area contributed by atoms with Gasteiger partial charge in [0.25, 0.3) is 0 Å². The minimum Gasteiger partial charge on any atom is -0.481 e. The number of fused-ring (bicyclic) bond motifs is 1. The molecule has 4 nitrogen and oxygen atoms in total. The van der Waals surface area contributed by atoms with Crippen LogP contribution in [0.15, 0.2) is 28.8 Å². The molecule has 5 heteroatoms. The van der Waals surface area contributed by atoms with Gasteiger partial charge < -0.3 is 9.63 Å². The number of carbonyl (C=O) groups is 1. The number of nitrogens with zero attached hydrogens (tertiary/aromatic N) is 1. The van der Waals surface area contributed by atoms with Gasteiger partial charge in [0.2, 0.25) is 0 Å². The van der Waals surface area contributed by atoms with E-state index >= 15 is 0 Å². The fraction of sp³-hybridized carbons (Fsp3) is 0.333. The highest BCUT2D eigenvalue weighted by molar-refractivity contribution is 6.30. The zero-order valence-electron chi connectivity index (χ0n) is 11.0. The summed E-state index contributed by atoms with van der Waals surface area (Å²) in [5, 5.41) is 14.0. The molecular weight excluding hydrogens is 278 g/mol. The molecule has 0 saturated carbocycles. The standard InChI is InChI=1S/C15H14ClNO3/c1-8-11(15(18)19)6-7-12-13(17-20-14(8)12)9-2-4-10(16)5-3-9/h2-5,8,11H,6-7H2,1H3,(H,18,19)/t8-,11-/m1/s1. The second-order valence-electron chi connectivity index (χ2n) is 5.15. The number of rotatable bonds is 2. The first-order valence-corrected chi connectivity index (χ1v) is 6.93. The zero-order valence-corrected chi connectivity index (χ0v) is 11.7. The topological polar surface area (TPSA) is 63.3 Å². The van der Waals surface area contributed by atoms with Crippen LogP contribution in [0.1, 0.15) is 30.6 Å². The summed E-state index contributed by atoms with van der Waals surface area (Å²) in [5.74, 6) is -0.612. The Morgan fingerprint density at radius 2 is 2.10 bits per heavy atom. The Balaban J connectivity index is 2.00. The molecule has 0 saturated heterocycles. The lowest BCUT2D eigenvalue weighted by molar-refractivity contribution is -0.143. The highest BCUT2D eigenvalue weighted by Gasteiger charge is 2.36. The number of benzene rings is 1. The number of halogens is 1. The fourth-order valence-corrected chi connectivity index (χ4v) is 2.95. The van der Waals surface area contributed by atoms with Crippen LogP contribution in [0.2, 0.25) is 5.02 Å². The van der Waals surface area contributed by atoms with Gasteiger partial charge in [-0.2, -0.15) is 0 Å². The van der Waals surface area contributed by atoms with Crippen molar-refractivity contribution in [1.29, 1.82) is 0 Å². The van der Waals surface area contributed by atoms with Crippen LogP contribution in [-0.4, -0.2) is 16.2 Å². The average Bonchev–Trinajstić information content (AvgIpc) is 2.84. The summed E-state index contributed by atoms with van der Waals surface area (Å²) in [7, 11) is 0. The second-order valence-corrected chi connectivity index (χ2v) is 5.59. The highest BCUT2D eigenvalue weighted by atomic mass is 35.5. The Morgan fingerprint density at radius 3 is 2.75 bits per heavy atom. The van der Waals surface area contributed by atoms with E-state index < -0.39 is 11.9 Å². The van der Waals surface area contributed by atoms with Crippen molar-refractivity contribution in [1.82, 2.24) is 5.16 Å². The number of hydrogen-bond acceptors (Lipinski definition) is 3. The van der Waals surface area contributed by atoms with E-state index in [9.17, 15) is 9.90 Å². The molecule has 0 spiro atoms. The van der Waals surface area contributed by atoms with Gasteiger partial charge in [0, 0.05) is 22.1 Å². The molecule has 0 fully saturated rings. The van der Waals surface area contributed by atoms with E-state index in [1.807, 2.05) is 31.2 Å². The molecule has 1 heterocycles. The molecule has 0 bridgehead atoms. The van der Waals surface area contributed by atoms with Crippen molar-refractivity contribution in [3.63, 3.8) is 0 Å². The first-order valence-electron chi connectivity index (χ1n) is 6.55. The third kappa shape index (κ3) is 2.10. The normalized spacial score (nSPS) is 21.5. The van der Waals surface area contributed by atoms with E-state index in [1.165, 1.54) is 0 Å². The molecule has 0 radical (unpaired) electrons. The summed E-state index contributed by atoms with van der Waals surface area (Å²) in [6.07, 6.45) is 1.30. The van der Waals surface area contributed by atoms with E-state index in [0.29, 0.717) is 23.6 Å². The van der Waals surface area contributed by atoms with Gasteiger partial charge in [-0.25, -0.2) is 0 Å². The molecule has 1 aromatic heterocycles. The van der Waals surface area contributed by atoms with Crippen LogP contribution in [0.4, 0.5) is 0 Å². The molecule has 2 atom stereocenters. The van der Waals surface area contributed by atoms with Crippen molar-refractivity contribution < 1.29 is 14.4 Å². The quantitative estimate of drug-likeness (QED) is 0.915. The Bertz CT molecular complexity index is 648. The first-order chi connectivity index (χ1) is 9.58. The lowest BCUT2D eigenvalue weighted by Crippen LogP contribution is -2.25. The van der Waals surface area contributed by atoms with Gasteiger partial charge in [-0.1, -0.05) is 35.8 Å². The monoisotopic (exact) mass is 291 g/mol. The van der Waals surface area contributed by atoms with E-state index in [1.54, 1.807) is 0 Å². The van der Waals surface area contributed by atoms with Crippen molar-refractivity contribution in [3.8, 4) is 11.3 Å². The largest absolute Gasteiger partial charge is 0.481 e. The maximum absolute atomic E-state index is 11.2. The van der Waals surface area contributed by atoms with Crippen LogP contribution < -0.4 is 0 Å². The van der Waals surface area contributed by atoms with Crippen molar-refractivity contribution >= 4 is 17.6 Å². The molecule has 0 amide bonds. The van der Waals surface area contributed by atoms with Crippen LogP contribution in [0, 0.1) is 5.92 Å². The smallest absolute Gasteiger partial charge is 0.307 e. The molecule has 1 aliphatic rings. The second kappa shape index (κ2) is 4.94. The number of carboxylic acids is 1. The average molecular weight is 292 g/mol. The van der Waals surface area contributed by atoms with Crippen LogP contribution in [-0.2, 0) is 11.2 Å². The van der Waals surface area contributed by atoms with Gasteiger partial charge in [0.1, 0.15) is 11.5 Å². The first kappa shape index (κ1) is 13.2. The molecular formula is C15H14ClNO3. The molecule has 104 valence electrons. The van der Waals surface area contributed by atoms with E-state index in [4.69, 9.17) is 16.1 Å². The maximum Gasteiger partial charge on any atom is 0.307 e. The summed E-state index contributed by atoms with van der Waals surface area (Å²) in [6, 6.07) is 7.41. The van der Waals surface area contributed by atoms with Crippen molar-refractivity contribution in [2.75, 3.05) is 0 Å². The molecule has 1 aliphatic carbocycles. The van der Waals surface area contributed by atoms with Crippen molar-refractivity contribution in [2.24, 2.45) is 5.92 Å². The molecule has 3 rings (SSSR count). The van der Waals surface area contributed by atoms with E-state index in [2.05, 4.69) is 5.16 Å². The Labute approximate surface area is 121 Å². The van der Waals surface area contributed by atoms with Gasteiger partial charge in [-0.15, -0.1) is 0 Å². The predicted octanol–water partition coefficient (Wildman–Crippen LogP) is 3.75. The van der Waals surface area contributed by atoms with Gasteiger partial charge in [-0.3, -0.25) is 4.79 Å². The lowest BCUT2D eigenvalue weighted by atomic mass is 9.79. The van der Waals surface area contributed by atoms with Crippen LogP contribution in [0.25, 0.3) is 11.3 Å². The summed E-state index contributed by atoms with van der Waals surface area (Å²) < 4.78 is 5.42. The van der Waals surface area contributed by atoms with Crippen molar-refractivity contribution in [3.05, 3.63) is 40.6 Å². The van der Waals surface area contributed by atoms with Crippen molar-refractivity contribution in [2.45, 2.75) is 25.7 Å². The summed E-state index contributed by atoms with van der Waals surface area (Å²) in [5.41, 5.74) is 2.77. The number of hydrogen-bond donors (Lipinski definition) is 1. The van der Waals surface area contributed by atoms with Crippen LogP contribution >= 0.6 is 11.6 Å². The molecule has 0 unspecified atom stereocenters. The minimum absolute atomic E-state index is 0.148. The fourth-order valence-electron chi connectivity index (χ4n) is 2.83.